The third-order valence-corrected chi connectivity index (χ3v) is 4.93. The van der Waals surface area contributed by atoms with Crippen LogP contribution in [0, 0.1) is 13.8 Å². The SMILES string of the molecule is Cc1cnc(C)c(-c2ccc(C(=O)NCC[C@@H]3CCCN3C)cc2)n1. The Kier molecular flexibility index (Phi) is 5.43. The van der Waals surface area contributed by atoms with Gasteiger partial charge in [0.15, 0.2) is 0 Å². The van der Waals surface area contributed by atoms with Crippen molar-refractivity contribution in [3.63, 3.8) is 0 Å². The molecule has 2 aromatic rings. The maximum absolute atomic E-state index is 12.3. The van der Waals surface area contributed by atoms with Gasteiger partial charge >= 0.3 is 0 Å². The van der Waals surface area contributed by atoms with Crippen LogP contribution in [-0.2, 0) is 0 Å². The third-order valence-electron chi connectivity index (χ3n) is 4.93. The molecule has 1 fully saturated rings. The van der Waals surface area contributed by atoms with Gasteiger partial charge in [0.2, 0.25) is 0 Å². The van der Waals surface area contributed by atoms with Gasteiger partial charge in [-0.25, -0.2) is 4.98 Å². The topological polar surface area (TPSA) is 58.1 Å². The molecule has 5 heteroatoms. The highest BCUT2D eigenvalue weighted by molar-refractivity contribution is 5.94. The number of aromatic nitrogens is 2. The van der Waals surface area contributed by atoms with E-state index in [0.29, 0.717) is 11.6 Å². The Morgan fingerprint density at radius 1 is 1.28 bits per heavy atom. The molecule has 1 saturated heterocycles. The van der Waals surface area contributed by atoms with E-state index in [2.05, 4.69) is 27.2 Å². The molecular weight excluding hydrogens is 312 g/mol. The first-order valence-corrected chi connectivity index (χ1v) is 8.93. The summed E-state index contributed by atoms with van der Waals surface area (Å²) in [5.41, 5.74) is 4.32. The summed E-state index contributed by atoms with van der Waals surface area (Å²) < 4.78 is 0. The van der Waals surface area contributed by atoms with Crippen molar-refractivity contribution < 1.29 is 4.79 Å². The highest BCUT2D eigenvalue weighted by Gasteiger charge is 2.20. The van der Waals surface area contributed by atoms with Crippen LogP contribution in [-0.4, -0.2) is 47.0 Å². The molecule has 1 amide bonds. The largest absolute Gasteiger partial charge is 0.352 e. The van der Waals surface area contributed by atoms with Gasteiger partial charge in [0.05, 0.1) is 17.1 Å². The number of nitrogens with zero attached hydrogens (tertiary/aromatic N) is 3. The van der Waals surface area contributed by atoms with Crippen LogP contribution < -0.4 is 5.32 Å². The highest BCUT2D eigenvalue weighted by Crippen LogP contribution is 2.21. The molecule has 1 aliphatic rings. The lowest BCUT2D eigenvalue weighted by Gasteiger charge is -2.19. The van der Waals surface area contributed by atoms with Crippen LogP contribution in [0.2, 0.25) is 0 Å². The molecule has 0 aliphatic carbocycles. The molecule has 0 radical (unpaired) electrons. The van der Waals surface area contributed by atoms with E-state index < -0.39 is 0 Å². The second kappa shape index (κ2) is 7.74. The van der Waals surface area contributed by atoms with Crippen molar-refractivity contribution in [2.75, 3.05) is 20.1 Å². The predicted octanol–water partition coefficient (Wildman–Crippen LogP) is 2.97. The number of rotatable bonds is 5. The van der Waals surface area contributed by atoms with Crippen LogP contribution >= 0.6 is 0 Å². The van der Waals surface area contributed by atoms with Gasteiger partial charge in [-0.1, -0.05) is 12.1 Å². The van der Waals surface area contributed by atoms with Gasteiger partial charge in [0, 0.05) is 29.9 Å². The standard InChI is InChI=1S/C20H26N4O/c1-14-13-22-15(2)19(23-14)16-6-8-17(9-7-16)20(25)21-11-10-18-5-4-12-24(18)3/h6-9,13,18H,4-5,10-12H2,1-3H3,(H,21,25)/t18-/m0/s1. The molecule has 1 aliphatic heterocycles. The fourth-order valence-electron chi connectivity index (χ4n) is 3.39. The van der Waals surface area contributed by atoms with Crippen molar-refractivity contribution in [3.05, 3.63) is 47.4 Å². The van der Waals surface area contributed by atoms with E-state index in [-0.39, 0.29) is 5.91 Å². The molecule has 132 valence electrons. The van der Waals surface area contributed by atoms with E-state index in [1.807, 2.05) is 38.1 Å². The maximum Gasteiger partial charge on any atom is 0.251 e. The molecule has 1 aromatic heterocycles. The molecule has 1 atom stereocenters. The molecule has 0 saturated carbocycles. The lowest BCUT2D eigenvalue weighted by molar-refractivity contribution is 0.0950. The fourth-order valence-corrected chi connectivity index (χ4v) is 3.39. The van der Waals surface area contributed by atoms with Gasteiger partial charge in [-0.15, -0.1) is 0 Å². The Balaban J connectivity index is 1.59. The number of hydrogen-bond acceptors (Lipinski definition) is 4. The summed E-state index contributed by atoms with van der Waals surface area (Å²) in [7, 11) is 2.16. The molecular formula is C20H26N4O. The smallest absolute Gasteiger partial charge is 0.251 e. The van der Waals surface area contributed by atoms with Crippen LogP contribution in [0.25, 0.3) is 11.3 Å². The van der Waals surface area contributed by atoms with Crippen molar-refractivity contribution in [1.29, 1.82) is 0 Å². The van der Waals surface area contributed by atoms with Crippen molar-refractivity contribution in [2.45, 2.75) is 39.2 Å². The van der Waals surface area contributed by atoms with E-state index in [4.69, 9.17) is 0 Å². The summed E-state index contributed by atoms with van der Waals surface area (Å²) in [6.07, 6.45) is 5.27. The van der Waals surface area contributed by atoms with Gasteiger partial charge in [0.1, 0.15) is 0 Å². The summed E-state index contributed by atoms with van der Waals surface area (Å²) in [5.74, 6) is -0.0146. The van der Waals surface area contributed by atoms with Gasteiger partial charge in [-0.2, -0.15) is 0 Å². The maximum atomic E-state index is 12.3. The lowest BCUT2D eigenvalue weighted by Crippen LogP contribution is -2.31. The van der Waals surface area contributed by atoms with E-state index in [1.165, 1.54) is 19.4 Å². The first-order chi connectivity index (χ1) is 12.0. The minimum atomic E-state index is -0.0146. The normalized spacial score (nSPS) is 17.6. The zero-order chi connectivity index (χ0) is 17.8. The number of carbonyl (C=O) groups is 1. The highest BCUT2D eigenvalue weighted by atomic mass is 16.1. The quantitative estimate of drug-likeness (QED) is 0.910. The van der Waals surface area contributed by atoms with E-state index in [9.17, 15) is 4.79 Å². The van der Waals surface area contributed by atoms with Crippen molar-refractivity contribution in [2.24, 2.45) is 0 Å². The second-order valence-corrected chi connectivity index (χ2v) is 6.84. The van der Waals surface area contributed by atoms with Gasteiger partial charge in [-0.3, -0.25) is 9.78 Å². The number of benzene rings is 1. The molecule has 2 heterocycles. The molecule has 1 aromatic carbocycles. The zero-order valence-electron chi connectivity index (χ0n) is 15.2. The second-order valence-electron chi connectivity index (χ2n) is 6.84. The van der Waals surface area contributed by atoms with Crippen molar-refractivity contribution >= 4 is 5.91 Å². The Morgan fingerprint density at radius 2 is 2.04 bits per heavy atom. The monoisotopic (exact) mass is 338 g/mol. The molecule has 0 spiro atoms. The molecule has 3 rings (SSSR count). The molecule has 5 nitrogen and oxygen atoms in total. The molecule has 25 heavy (non-hydrogen) atoms. The number of aryl methyl sites for hydroxylation is 2. The number of carbonyl (C=O) groups excluding carboxylic acids is 1. The average Bonchev–Trinajstić information content (AvgIpc) is 3.02. The number of likely N-dealkylation sites (tertiary alicyclic amines) is 1. The Hall–Kier alpha value is -2.27. The molecule has 0 bridgehead atoms. The predicted molar refractivity (Wildman–Crippen MR) is 99.5 cm³/mol. The van der Waals surface area contributed by atoms with Crippen LogP contribution in [0.15, 0.2) is 30.5 Å². The minimum absolute atomic E-state index is 0.0146. The number of amides is 1. The summed E-state index contributed by atoms with van der Waals surface area (Å²) in [4.78, 5) is 23.6. The van der Waals surface area contributed by atoms with Crippen LogP contribution in [0.3, 0.4) is 0 Å². The minimum Gasteiger partial charge on any atom is -0.352 e. The van der Waals surface area contributed by atoms with E-state index in [1.54, 1.807) is 6.20 Å². The van der Waals surface area contributed by atoms with Gasteiger partial charge in [0.25, 0.3) is 5.91 Å². The van der Waals surface area contributed by atoms with Gasteiger partial charge in [-0.05, 0) is 58.8 Å². The zero-order valence-corrected chi connectivity index (χ0v) is 15.2. The van der Waals surface area contributed by atoms with Crippen molar-refractivity contribution in [3.8, 4) is 11.3 Å². The summed E-state index contributed by atoms with van der Waals surface area (Å²) in [5, 5.41) is 3.03. The Labute approximate surface area is 149 Å². The van der Waals surface area contributed by atoms with Crippen molar-refractivity contribution in [1.82, 2.24) is 20.2 Å². The van der Waals surface area contributed by atoms with Crippen LogP contribution in [0.1, 0.15) is 41.0 Å². The summed E-state index contributed by atoms with van der Waals surface area (Å²) in [6, 6.07) is 8.20. The lowest BCUT2D eigenvalue weighted by atomic mass is 10.1. The van der Waals surface area contributed by atoms with Crippen LogP contribution in [0.5, 0.6) is 0 Å². The summed E-state index contributed by atoms with van der Waals surface area (Å²) >= 11 is 0. The average molecular weight is 338 g/mol. The van der Waals surface area contributed by atoms with E-state index in [0.717, 1.165) is 35.6 Å². The number of nitrogens with one attached hydrogen (secondary N) is 1. The summed E-state index contributed by atoms with van der Waals surface area (Å²) in [6.45, 7) is 5.77. The molecule has 0 unspecified atom stereocenters. The Bertz CT molecular complexity index is 742. The first-order valence-electron chi connectivity index (χ1n) is 8.93. The van der Waals surface area contributed by atoms with Gasteiger partial charge < -0.3 is 10.2 Å². The molecule has 1 N–H and O–H groups in total. The number of hydrogen-bond donors (Lipinski definition) is 1. The van der Waals surface area contributed by atoms with E-state index >= 15 is 0 Å². The Morgan fingerprint density at radius 3 is 2.72 bits per heavy atom. The fraction of sp³-hybridized carbons (Fsp3) is 0.450. The first kappa shape index (κ1) is 17.5. The third kappa shape index (κ3) is 4.23. The van der Waals surface area contributed by atoms with Crippen LogP contribution in [0.4, 0.5) is 0 Å².